The quantitative estimate of drug-likeness (QED) is 0.732. The maximum Gasteiger partial charge on any atom is 0.326 e. The topological polar surface area (TPSA) is 89.8 Å². The van der Waals surface area contributed by atoms with E-state index in [0.29, 0.717) is 11.7 Å². The van der Waals surface area contributed by atoms with Crippen molar-refractivity contribution in [3.63, 3.8) is 0 Å². The third kappa shape index (κ3) is 1.56. The molecule has 2 aromatic heterocycles. The molecule has 96 valence electrons. The van der Waals surface area contributed by atoms with E-state index < -0.39 is 0 Å². The number of rotatable bonds is 2. The van der Waals surface area contributed by atoms with Crippen LogP contribution in [-0.2, 0) is 0 Å². The Morgan fingerprint density at radius 1 is 1.37 bits per heavy atom. The van der Waals surface area contributed by atoms with Gasteiger partial charge in [0.1, 0.15) is 5.69 Å². The number of aromatic amines is 1. The standard InChI is InChI=1S/C13H12N4O2/c14-12-6-9(16-19-12)7-1-4-11-10(5-7)15-13(18)17(11)8-2-3-8/h1,4-6,8H,2-3,14H2,(H,15,18). The summed E-state index contributed by atoms with van der Waals surface area (Å²) in [5, 5.41) is 3.87. The number of nitrogen functional groups attached to an aromatic ring is 1. The van der Waals surface area contributed by atoms with Crippen LogP contribution < -0.4 is 11.4 Å². The minimum absolute atomic E-state index is 0.0469. The average Bonchev–Trinajstić information content (AvgIpc) is 3.03. The van der Waals surface area contributed by atoms with Crippen molar-refractivity contribution in [2.24, 2.45) is 0 Å². The van der Waals surface area contributed by atoms with E-state index in [2.05, 4.69) is 10.1 Å². The Hall–Kier alpha value is -2.50. The van der Waals surface area contributed by atoms with Crippen LogP contribution in [0, 0.1) is 0 Å². The maximum absolute atomic E-state index is 11.9. The molecule has 3 N–H and O–H groups in total. The summed E-state index contributed by atoms with van der Waals surface area (Å²) in [7, 11) is 0. The first kappa shape index (κ1) is 10.4. The number of nitrogens with one attached hydrogen (secondary N) is 1. The molecule has 1 aromatic carbocycles. The van der Waals surface area contributed by atoms with Crippen LogP contribution in [0.3, 0.4) is 0 Å². The van der Waals surface area contributed by atoms with Gasteiger partial charge >= 0.3 is 5.69 Å². The zero-order valence-corrected chi connectivity index (χ0v) is 10.1. The molecule has 4 rings (SSSR count). The number of hydrogen-bond donors (Lipinski definition) is 2. The van der Waals surface area contributed by atoms with Crippen molar-refractivity contribution in [3.8, 4) is 11.3 Å². The van der Waals surface area contributed by atoms with Gasteiger partial charge in [-0.05, 0) is 25.0 Å². The molecule has 6 heteroatoms. The molecule has 1 aliphatic carbocycles. The number of hydrogen-bond acceptors (Lipinski definition) is 4. The van der Waals surface area contributed by atoms with Crippen LogP contribution in [0.5, 0.6) is 0 Å². The lowest BCUT2D eigenvalue weighted by atomic mass is 10.1. The van der Waals surface area contributed by atoms with Gasteiger partial charge in [0.25, 0.3) is 0 Å². The van der Waals surface area contributed by atoms with Crippen LogP contribution in [0.4, 0.5) is 5.88 Å². The number of H-pyrrole nitrogens is 1. The van der Waals surface area contributed by atoms with Gasteiger partial charge in [-0.2, -0.15) is 0 Å². The van der Waals surface area contributed by atoms with Gasteiger partial charge in [0.15, 0.2) is 0 Å². The highest BCUT2D eigenvalue weighted by Crippen LogP contribution is 2.36. The number of nitrogens with zero attached hydrogens (tertiary/aromatic N) is 2. The van der Waals surface area contributed by atoms with Crippen molar-refractivity contribution in [2.45, 2.75) is 18.9 Å². The van der Waals surface area contributed by atoms with Crippen molar-refractivity contribution in [1.82, 2.24) is 14.7 Å². The molecule has 0 saturated heterocycles. The molecule has 0 aliphatic heterocycles. The van der Waals surface area contributed by atoms with Gasteiger partial charge in [0, 0.05) is 17.7 Å². The van der Waals surface area contributed by atoms with E-state index in [1.807, 2.05) is 22.8 Å². The van der Waals surface area contributed by atoms with Gasteiger partial charge in [-0.25, -0.2) is 4.79 Å². The summed E-state index contributed by atoms with van der Waals surface area (Å²) in [5.41, 5.74) is 8.76. The SMILES string of the molecule is Nc1cc(-c2ccc3c(c2)[nH]c(=O)n3C2CC2)no1. The smallest absolute Gasteiger partial charge is 0.326 e. The van der Waals surface area contributed by atoms with E-state index in [1.165, 1.54) is 0 Å². The van der Waals surface area contributed by atoms with Gasteiger partial charge in [-0.3, -0.25) is 4.57 Å². The number of aromatic nitrogens is 3. The third-order valence-corrected chi connectivity index (χ3v) is 3.45. The average molecular weight is 256 g/mol. The summed E-state index contributed by atoms with van der Waals surface area (Å²) in [6.45, 7) is 0. The number of nitrogens with two attached hydrogens (primary N) is 1. The summed E-state index contributed by atoms with van der Waals surface area (Å²) < 4.78 is 6.69. The van der Waals surface area contributed by atoms with Crippen LogP contribution in [0.1, 0.15) is 18.9 Å². The normalized spacial score (nSPS) is 15.2. The first-order valence-corrected chi connectivity index (χ1v) is 6.19. The third-order valence-electron chi connectivity index (χ3n) is 3.45. The van der Waals surface area contributed by atoms with E-state index in [9.17, 15) is 4.79 Å². The van der Waals surface area contributed by atoms with Gasteiger partial charge < -0.3 is 15.2 Å². The van der Waals surface area contributed by atoms with E-state index in [1.54, 1.807) is 6.07 Å². The Kier molecular flexibility index (Phi) is 1.92. The second-order valence-electron chi connectivity index (χ2n) is 4.88. The molecule has 0 radical (unpaired) electrons. The molecule has 1 aliphatic rings. The highest BCUT2D eigenvalue weighted by Gasteiger charge is 2.27. The molecule has 6 nitrogen and oxygen atoms in total. The summed E-state index contributed by atoms with van der Waals surface area (Å²) in [6.07, 6.45) is 2.16. The zero-order chi connectivity index (χ0) is 13.0. The highest BCUT2D eigenvalue weighted by molar-refractivity contribution is 5.81. The lowest BCUT2D eigenvalue weighted by Crippen LogP contribution is -2.14. The molecule has 1 fully saturated rings. The fraction of sp³-hybridized carbons (Fsp3) is 0.231. The Bertz CT molecular complexity index is 823. The van der Waals surface area contributed by atoms with E-state index >= 15 is 0 Å². The molecule has 3 aromatic rings. The van der Waals surface area contributed by atoms with Gasteiger partial charge in [-0.1, -0.05) is 11.2 Å². The van der Waals surface area contributed by atoms with Crippen molar-refractivity contribution in [1.29, 1.82) is 0 Å². The fourth-order valence-corrected chi connectivity index (χ4v) is 2.41. The van der Waals surface area contributed by atoms with Gasteiger partial charge in [-0.15, -0.1) is 0 Å². The van der Waals surface area contributed by atoms with Crippen LogP contribution >= 0.6 is 0 Å². The fourth-order valence-electron chi connectivity index (χ4n) is 2.41. The van der Waals surface area contributed by atoms with Crippen molar-refractivity contribution in [3.05, 3.63) is 34.7 Å². The van der Waals surface area contributed by atoms with Crippen molar-refractivity contribution >= 4 is 16.9 Å². The van der Waals surface area contributed by atoms with Gasteiger partial charge in [0.2, 0.25) is 5.88 Å². The molecule has 19 heavy (non-hydrogen) atoms. The first-order chi connectivity index (χ1) is 9.22. The van der Waals surface area contributed by atoms with Crippen LogP contribution in [0.25, 0.3) is 22.3 Å². The zero-order valence-electron chi connectivity index (χ0n) is 10.1. The molecule has 0 amide bonds. The van der Waals surface area contributed by atoms with E-state index in [0.717, 1.165) is 29.4 Å². The summed E-state index contributed by atoms with van der Waals surface area (Å²) in [4.78, 5) is 14.8. The lowest BCUT2D eigenvalue weighted by Gasteiger charge is -2.00. The summed E-state index contributed by atoms with van der Waals surface area (Å²) in [5.74, 6) is 0.277. The molecule has 0 unspecified atom stereocenters. The minimum Gasteiger partial charge on any atom is -0.368 e. The molecular formula is C13H12N4O2. The predicted molar refractivity (Wildman–Crippen MR) is 70.7 cm³/mol. The molecule has 0 bridgehead atoms. The van der Waals surface area contributed by atoms with Crippen molar-refractivity contribution in [2.75, 3.05) is 5.73 Å². The highest BCUT2D eigenvalue weighted by atomic mass is 16.5. The number of anilines is 1. The van der Waals surface area contributed by atoms with E-state index in [-0.39, 0.29) is 11.6 Å². The largest absolute Gasteiger partial charge is 0.368 e. The molecular weight excluding hydrogens is 244 g/mol. The number of fused-ring (bicyclic) bond motifs is 1. The molecule has 0 atom stereocenters. The first-order valence-electron chi connectivity index (χ1n) is 6.19. The second kappa shape index (κ2) is 3.50. The Labute approximate surface area is 107 Å². The molecule has 0 spiro atoms. The Morgan fingerprint density at radius 2 is 2.21 bits per heavy atom. The van der Waals surface area contributed by atoms with Crippen LogP contribution in [0.15, 0.2) is 33.6 Å². The summed E-state index contributed by atoms with van der Waals surface area (Å²) in [6, 6.07) is 7.77. The van der Waals surface area contributed by atoms with Crippen LogP contribution in [-0.4, -0.2) is 14.7 Å². The predicted octanol–water partition coefficient (Wildman–Crippen LogP) is 1.90. The summed E-state index contributed by atoms with van der Waals surface area (Å²) >= 11 is 0. The lowest BCUT2D eigenvalue weighted by molar-refractivity contribution is 0.439. The monoisotopic (exact) mass is 256 g/mol. The Balaban J connectivity index is 1.90. The van der Waals surface area contributed by atoms with Crippen molar-refractivity contribution < 1.29 is 4.52 Å². The molecule has 2 heterocycles. The molecule has 1 saturated carbocycles. The Morgan fingerprint density at radius 3 is 2.89 bits per heavy atom. The van der Waals surface area contributed by atoms with Crippen LogP contribution in [0.2, 0.25) is 0 Å². The number of benzene rings is 1. The number of imidazole rings is 1. The van der Waals surface area contributed by atoms with Gasteiger partial charge in [0.05, 0.1) is 11.0 Å². The second-order valence-corrected chi connectivity index (χ2v) is 4.88. The van der Waals surface area contributed by atoms with E-state index in [4.69, 9.17) is 10.3 Å². The maximum atomic E-state index is 11.9. The minimum atomic E-state index is -0.0469.